The first-order valence-electron chi connectivity index (χ1n) is 5.91. The van der Waals surface area contributed by atoms with Gasteiger partial charge in [-0.3, -0.25) is 0 Å². The molecule has 0 bridgehead atoms. The topological polar surface area (TPSA) is 83.0 Å². The summed E-state index contributed by atoms with van der Waals surface area (Å²) in [5, 5.41) is 15.0. The van der Waals surface area contributed by atoms with E-state index in [0.29, 0.717) is 18.4 Å². The number of halogens is 1. The van der Waals surface area contributed by atoms with Crippen LogP contribution in [-0.4, -0.2) is 40.3 Å². The van der Waals surface area contributed by atoms with Crippen LogP contribution in [0.3, 0.4) is 0 Å². The first-order chi connectivity index (χ1) is 8.46. The number of nitrogens with one attached hydrogen (secondary N) is 2. The Balaban J connectivity index is 2.59. The van der Waals surface area contributed by atoms with Crippen molar-refractivity contribution in [2.75, 3.05) is 30.8 Å². The Morgan fingerprint density at radius 1 is 1.22 bits per heavy atom. The third-order valence-electron chi connectivity index (χ3n) is 2.57. The number of rotatable bonds is 7. The fourth-order valence-corrected chi connectivity index (χ4v) is 1.67. The monoisotopic (exact) mass is 273 g/mol. The summed E-state index contributed by atoms with van der Waals surface area (Å²) in [6, 6.07) is 0. The fourth-order valence-electron chi connectivity index (χ4n) is 1.51. The van der Waals surface area contributed by atoms with Crippen LogP contribution in [0.5, 0.6) is 0 Å². The highest BCUT2D eigenvalue weighted by atomic mass is 35.5. The van der Waals surface area contributed by atoms with Crippen LogP contribution in [0.1, 0.15) is 26.7 Å². The number of nitrogens with zero attached hydrogens (tertiary/aromatic N) is 3. The minimum atomic E-state index is 0.0572. The highest BCUT2D eigenvalue weighted by Crippen LogP contribution is 2.22. The number of hydrogen-bond acceptors (Lipinski definition) is 6. The SMILES string of the molecule is CNc1nc(Cl)nc(NCC(C)(C)CCCO)n1. The van der Waals surface area contributed by atoms with Crippen LogP contribution >= 0.6 is 11.6 Å². The Hall–Kier alpha value is -1.14. The van der Waals surface area contributed by atoms with Crippen LogP contribution in [0.25, 0.3) is 0 Å². The van der Waals surface area contributed by atoms with Crippen LogP contribution in [0, 0.1) is 5.41 Å². The zero-order valence-electron chi connectivity index (χ0n) is 11.0. The quantitative estimate of drug-likeness (QED) is 0.702. The summed E-state index contributed by atoms with van der Waals surface area (Å²) in [6.45, 7) is 5.16. The molecule has 7 heteroatoms. The lowest BCUT2D eigenvalue weighted by molar-refractivity contribution is 0.247. The maximum Gasteiger partial charge on any atom is 0.228 e. The van der Waals surface area contributed by atoms with Gasteiger partial charge in [-0.15, -0.1) is 0 Å². The van der Waals surface area contributed by atoms with Gasteiger partial charge >= 0.3 is 0 Å². The van der Waals surface area contributed by atoms with Crippen LogP contribution in [0.15, 0.2) is 0 Å². The summed E-state index contributed by atoms with van der Waals surface area (Å²) < 4.78 is 0. The van der Waals surface area contributed by atoms with Crippen molar-refractivity contribution in [2.24, 2.45) is 5.41 Å². The van der Waals surface area contributed by atoms with Crippen LogP contribution in [0.4, 0.5) is 11.9 Å². The van der Waals surface area contributed by atoms with Gasteiger partial charge in [-0.1, -0.05) is 13.8 Å². The van der Waals surface area contributed by atoms with Gasteiger partial charge in [0.1, 0.15) is 0 Å². The third-order valence-corrected chi connectivity index (χ3v) is 2.74. The van der Waals surface area contributed by atoms with Gasteiger partial charge in [0.05, 0.1) is 0 Å². The summed E-state index contributed by atoms with van der Waals surface area (Å²) in [7, 11) is 1.72. The van der Waals surface area contributed by atoms with Crippen molar-refractivity contribution < 1.29 is 5.11 Å². The molecule has 0 aliphatic carbocycles. The predicted octanol–water partition coefficient (Wildman–Crippen LogP) is 1.78. The fraction of sp³-hybridized carbons (Fsp3) is 0.727. The number of anilines is 2. The number of aliphatic hydroxyl groups excluding tert-OH is 1. The Kier molecular flexibility index (Phi) is 5.55. The molecule has 0 aliphatic heterocycles. The molecule has 0 atom stereocenters. The zero-order chi connectivity index (χ0) is 13.6. The summed E-state index contributed by atoms with van der Waals surface area (Å²) in [5.74, 6) is 0.891. The van der Waals surface area contributed by atoms with E-state index in [0.717, 1.165) is 12.8 Å². The number of hydrogen-bond donors (Lipinski definition) is 3. The first kappa shape index (κ1) is 14.9. The zero-order valence-corrected chi connectivity index (χ0v) is 11.8. The third kappa shape index (κ3) is 5.01. The lowest BCUT2D eigenvalue weighted by atomic mass is 9.88. The summed E-state index contributed by atoms with van der Waals surface area (Å²) in [5.41, 5.74) is 0.0572. The van der Waals surface area contributed by atoms with E-state index in [1.54, 1.807) is 7.05 Å². The molecular weight excluding hydrogens is 254 g/mol. The van der Waals surface area contributed by atoms with Crippen molar-refractivity contribution in [3.05, 3.63) is 5.28 Å². The molecule has 1 rings (SSSR count). The van der Waals surface area contributed by atoms with E-state index in [-0.39, 0.29) is 17.3 Å². The lowest BCUT2D eigenvalue weighted by Gasteiger charge is -2.24. The molecule has 0 aromatic carbocycles. The van der Waals surface area contributed by atoms with Gasteiger partial charge in [0.15, 0.2) is 0 Å². The molecular formula is C11H20ClN5O. The molecule has 1 heterocycles. The van der Waals surface area contributed by atoms with Gasteiger partial charge in [0.25, 0.3) is 0 Å². The maximum atomic E-state index is 8.84. The van der Waals surface area contributed by atoms with Crippen LogP contribution in [-0.2, 0) is 0 Å². The van der Waals surface area contributed by atoms with Gasteiger partial charge in [0.2, 0.25) is 17.2 Å². The second-order valence-electron chi connectivity index (χ2n) is 4.85. The van der Waals surface area contributed by atoms with Crippen molar-refractivity contribution in [3.8, 4) is 0 Å². The highest BCUT2D eigenvalue weighted by Gasteiger charge is 2.17. The Labute approximate surface area is 112 Å². The average Bonchev–Trinajstić information content (AvgIpc) is 2.33. The van der Waals surface area contributed by atoms with Crippen LogP contribution in [0.2, 0.25) is 5.28 Å². The van der Waals surface area contributed by atoms with E-state index in [2.05, 4.69) is 39.4 Å². The molecule has 0 saturated carbocycles. The number of aliphatic hydroxyl groups is 1. The van der Waals surface area contributed by atoms with E-state index >= 15 is 0 Å². The standard InChI is InChI=1S/C11H20ClN5O/c1-11(2,5-4-6-18)7-14-10-16-8(12)15-9(13-3)17-10/h18H,4-7H2,1-3H3,(H2,13,14,15,16,17). The second kappa shape index (κ2) is 6.70. The second-order valence-corrected chi connectivity index (χ2v) is 5.18. The first-order valence-corrected chi connectivity index (χ1v) is 6.29. The Bertz CT molecular complexity index is 386. The molecule has 0 spiro atoms. The average molecular weight is 274 g/mol. The molecule has 18 heavy (non-hydrogen) atoms. The maximum absolute atomic E-state index is 8.84. The van der Waals surface area contributed by atoms with Crippen molar-refractivity contribution in [3.63, 3.8) is 0 Å². The number of aromatic nitrogens is 3. The van der Waals surface area contributed by atoms with E-state index < -0.39 is 0 Å². The summed E-state index contributed by atoms with van der Waals surface area (Å²) in [6.07, 6.45) is 1.71. The van der Waals surface area contributed by atoms with Crippen molar-refractivity contribution in [1.29, 1.82) is 0 Å². The van der Waals surface area contributed by atoms with E-state index in [9.17, 15) is 0 Å². The van der Waals surface area contributed by atoms with Crippen molar-refractivity contribution in [1.82, 2.24) is 15.0 Å². The van der Waals surface area contributed by atoms with E-state index in [1.807, 2.05) is 0 Å². The van der Waals surface area contributed by atoms with Crippen molar-refractivity contribution >= 4 is 23.5 Å². The Morgan fingerprint density at radius 3 is 2.50 bits per heavy atom. The normalized spacial score (nSPS) is 11.4. The molecule has 0 aliphatic rings. The molecule has 6 nitrogen and oxygen atoms in total. The van der Waals surface area contributed by atoms with Gasteiger partial charge in [0, 0.05) is 20.2 Å². The van der Waals surface area contributed by atoms with Crippen LogP contribution < -0.4 is 10.6 Å². The minimum absolute atomic E-state index is 0.0572. The highest BCUT2D eigenvalue weighted by molar-refractivity contribution is 6.28. The summed E-state index contributed by atoms with van der Waals surface area (Å²) in [4.78, 5) is 12.1. The molecule has 0 amide bonds. The van der Waals surface area contributed by atoms with E-state index in [1.165, 1.54) is 0 Å². The minimum Gasteiger partial charge on any atom is -0.396 e. The van der Waals surface area contributed by atoms with Crippen molar-refractivity contribution in [2.45, 2.75) is 26.7 Å². The van der Waals surface area contributed by atoms with Gasteiger partial charge in [-0.2, -0.15) is 15.0 Å². The molecule has 1 aromatic heterocycles. The summed E-state index contributed by atoms with van der Waals surface area (Å²) >= 11 is 5.79. The molecule has 1 aromatic rings. The molecule has 3 N–H and O–H groups in total. The largest absolute Gasteiger partial charge is 0.396 e. The van der Waals surface area contributed by atoms with Gasteiger partial charge < -0.3 is 15.7 Å². The molecule has 102 valence electrons. The molecule has 0 saturated heterocycles. The lowest BCUT2D eigenvalue weighted by Crippen LogP contribution is -2.24. The molecule has 0 fully saturated rings. The van der Waals surface area contributed by atoms with Gasteiger partial charge in [-0.05, 0) is 29.9 Å². The molecule has 0 unspecified atom stereocenters. The predicted molar refractivity (Wildman–Crippen MR) is 73.0 cm³/mol. The smallest absolute Gasteiger partial charge is 0.228 e. The Morgan fingerprint density at radius 2 is 1.89 bits per heavy atom. The van der Waals surface area contributed by atoms with Gasteiger partial charge in [-0.25, -0.2) is 0 Å². The molecule has 0 radical (unpaired) electrons. The van der Waals surface area contributed by atoms with E-state index in [4.69, 9.17) is 16.7 Å².